The predicted molar refractivity (Wildman–Crippen MR) is 117 cm³/mol. The van der Waals surface area contributed by atoms with Gasteiger partial charge in [-0.05, 0) is 43.7 Å². The van der Waals surface area contributed by atoms with E-state index < -0.39 is 18.0 Å². The molecule has 0 radical (unpaired) electrons. The number of allylic oxidation sites excluding steroid dienone is 1. The van der Waals surface area contributed by atoms with Gasteiger partial charge < -0.3 is 13.9 Å². The van der Waals surface area contributed by atoms with Crippen LogP contribution in [-0.2, 0) is 14.3 Å². The number of carbonyl (C=O) groups is 2. The second-order valence-electron chi connectivity index (χ2n) is 7.18. The number of carbonyl (C=O) groups excluding carboxylic acids is 2. The number of aryl methyl sites for hydroxylation is 1. The summed E-state index contributed by atoms with van der Waals surface area (Å²) in [5, 5.41) is 0. The van der Waals surface area contributed by atoms with Gasteiger partial charge in [0.05, 0.1) is 29.0 Å². The molecule has 0 fully saturated rings. The molecule has 0 aliphatic carbocycles. The van der Waals surface area contributed by atoms with Gasteiger partial charge in [-0.15, -0.1) is 0 Å². The zero-order chi connectivity index (χ0) is 23.0. The average Bonchev–Trinajstić information content (AvgIpc) is 3.29. The van der Waals surface area contributed by atoms with Crippen LogP contribution in [0.2, 0.25) is 0 Å². The minimum atomic E-state index is -0.745. The highest BCUT2D eigenvalue weighted by atomic mass is 32.1. The van der Waals surface area contributed by atoms with Crippen molar-refractivity contribution < 1.29 is 23.5 Å². The number of thiazole rings is 1. The smallest absolute Gasteiger partial charge is 0.338 e. The van der Waals surface area contributed by atoms with Gasteiger partial charge in [-0.1, -0.05) is 23.5 Å². The van der Waals surface area contributed by atoms with E-state index in [1.165, 1.54) is 29.9 Å². The molecule has 8 nitrogen and oxygen atoms in total. The molecule has 4 rings (SSSR count). The third-order valence-electron chi connectivity index (χ3n) is 4.92. The molecule has 0 saturated carbocycles. The van der Waals surface area contributed by atoms with Crippen molar-refractivity contribution in [3.63, 3.8) is 0 Å². The highest BCUT2D eigenvalue weighted by molar-refractivity contribution is 7.07. The molecule has 1 aliphatic rings. The standard InChI is InChI=1S/C23H20N2O6S/c1-12-5-8-17(30-12)11-18-21(27)25-20(15-6-9-16(10-7-15)31-14(3)26)19(22(28)29-4)13(2)24-23(25)32-18/h5-11,20H,1-4H3/b18-11-/t20-/m0/s1. The first kappa shape index (κ1) is 21.5. The number of ether oxygens (including phenoxy) is 2. The topological polar surface area (TPSA) is 100 Å². The molecule has 1 atom stereocenters. The lowest BCUT2D eigenvalue weighted by atomic mass is 9.96. The van der Waals surface area contributed by atoms with Gasteiger partial charge in [0.2, 0.25) is 0 Å². The van der Waals surface area contributed by atoms with E-state index in [1.807, 2.05) is 13.0 Å². The van der Waals surface area contributed by atoms with Crippen molar-refractivity contribution in [1.82, 2.24) is 4.57 Å². The van der Waals surface area contributed by atoms with Crippen LogP contribution in [0.15, 0.2) is 61.9 Å². The van der Waals surface area contributed by atoms with Crippen molar-refractivity contribution >= 4 is 29.4 Å². The molecule has 9 heteroatoms. The zero-order valence-corrected chi connectivity index (χ0v) is 18.7. The quantitative estimate of drug-likeness (QED) is 0.445. The number of rotatable bonds is 4. The summed E-state index contributed by atoms with van der Waals surface area (Å²) >= 11 is 1.21. The molecular weight excluding hydrogens is 432 g/mol. The molecule has 0 unspecified atom stereocenters. The molecule has 32 heavy (non-hydrogen) atoms. The maximum atomic E-state index is 13.4. The summed E-state index contributed by atoms with van der Waals surface area (Å²) in [6, 6.07) is 9.49. The lowest BCUT2D eigenvalue weighted by Gasteiger charge is -2.24. The fourth-order valence-electron chi connectivity index (χ4n) is 3.55. The summed E-state index contributed by atoms with van der Waals surface area (Å²) in [5.41, 5.74) is 1.08. The first-order valence-electron chi connectivity index (χ1n) is 9.74. The van der Waals surface area contributed by atoms with Crippen molar-refractivity contribution in [2.24, 2.45) is 4.99 Å². The van der Waals surface area contributed by atoms with Crippen molar-refractivity contribution in [3.05, 3.63) is 84.4 Å². The number of methoxy groups -OCH3 is 1. The Labute approximate surface area is 186 Å². The van der Waals surface area contributed by atoms with Crippen LogP contribution in [-0.4, -0.2) is 23.6 Å². The largest absolute Gasteiger partial charge is 0.466 e. The van der Waals surface area contributed by atoms with Crippen LogP contribution in [0.1, 0.15) is 37.0 Å². The van der Waals surface area contributed by atoms with Crippen molar-refractivity contribution in [2.45, 2.75) is 26.8 Å². The van der Waals surface area contributed by atoms with Crippen LogP contribution in [0.5, 0.6) is 5.75 Å². The van der Waals surface area contributed by atoms with Crippen LogP contribution in [0.4, 0.5) is 0 Å². The summed E-state index contributed by atoms with van der Waals surface area (Å²) in [5.74, 6) is 0.640. The van der Waals surface area contributed by atoms with Crippen LogP contribution in [0.25, 0.3) is 6.08 Å². The third-order valence-corrected chi connectivity index (χ3v) is 5.90. The molecule has 0 spiro atoms. The summed E-state index contributed by atoms with van der Waals surface area (Å²) < 4.78 is 17.6. The number of hydrogen-bond donors (Lipinski definition) is 0. The Balaban J connectivity index is 1.91. The van der Waals surface area contributed by atoms with E-state index in [1.54, 1.807) is 43.3 Å². The maximum absolute atomic E-state index is 13.4. The molecule has 2 aromatic heterocycles. The average molecular weight is 452 g/mol. The Kier molecular flexibility index (Phi) is 5.67. The highest BCUT2D eigenvalue weighted by Gasteiger charge is 2.33. The van der Waals surface area contributed by atoms with Crippen molar-refractivity contribution in [1.29, 1.82) is 0 Å². The van der Waals surface area contributed by atoms with Crippen LogP contribution in [0, 0.1) is 6.92 Å². The fourth-order valence-corrected chi connectivity index (χ4v) is 4.58. The molecule has 3 aromatic rings. The molecule has 1 aromatic carbocycles. The van der Waals surface area contributed by atoms with E-state index in [-0.39, 0.29) is 11.1 Å². The Morgan fingerprint density at radius 2 is 1.88 bits per heavy atom. The third kappa shape index (κ3) is 3.94. The van der Waals surface area contributed by atoms with Crippen LogP contribution >= 0.6 is 11.3 Å². The number of aromatic nitrogens is 1. The summed E-state index contributed by atoms with van der Waals surface area (Å²) in [4.78, 5) is 42.2. The number of fused-ring (bicyclic) bond motifs is 1. The second kappa shape index (κ2) is 8.43. The van der Waals surface area contributed by atoms with E-state index in [0.29, 0.717) is 32.1 Å². The Hall–Kier alpha value is -3.72. The number of benzene rings is 1. The lowest BCUT2D eigenvalue weighted by molar-refractivity contribution is -0.136. The number of esters is 2. The van der Waals surface area contributed by atoms with E-state index in [4.69, 9.17) is 13.9 Å². The monoisotopic (exact) mass is 452 g/mol. The molecule has 0 amide bonds. The minimum absolute atomic E-state index is 0.264. The molecule has 1 aliphatic heterocycles. The van der Waals surface area contributed by atoms with Crippen molar-refractivity contribution in [3.8, 4) is 5.75 Å². The Morgan fingerprint density at radius 3 is 2.47 bits per heavy atom. The lowest BCUT2D eigenvalue weighted by Crippen LogP contribution is -2.39. The van der Waals surface area contributed by atoms with E-state index in [9.17, 15) is 14.4 Å². The normalized spacial score (nSPS) is 15.9. The van der Waals surface area contributed by atoms with Crippen LogP contribution < -0.4 is 19.6 Å². The van der Waals surface area contributed by atoms with Gasteiger partial charge in [-0.2, -0.15) is 0 Å². The molecule has 0 N–H and O–H groups in total. The Bertz CT molecular complexity index is 1420. The van der Waals surface area contributed by atoms with Gasteiger partial charge >= 0.3 is 11.9 Å². The van der Waals surface area contributed by atoms with Crippen LogP contribution in [0.3, 0.4) is 0 Å². The van der Waals surface area contributed by atoms with Gasteiger partial charge in [-0.25, -0.2) is 9.79 Å². The van der Waals surface area contributed by atoms with E-state index in [0.717, 1.165) is 5.76 Å². The molecule has 164 valence electrons. The Morgan fingerprint density at radius 1 is 1.16 bits per heavy atom. The maximum Gasteiger partial charge on any atom is 0.338 e. The number of hydrogen-bond acceptors (Lipinski definition) is 8. The summed E-state index contributed by atoms with van der Waals surface area (Å²) in [6.07, 6.45) is 1.66. The molecular formula is C23H20N2O6S. The van der Waals surface area contributed by atoms with E-state index in [2.05, 4.69) is 4.99 Å². The first-order valence-corrected chi connectivity index (χ1v) is 10.6. The zero-order valence-electron chi connectivity index (χ0n) is 17.9. The molecule has 0 saturated heterocycles. The summed E-state index contributed by atoms with van der Waals surface area (Å²) in [7, 11) is 1.29. The van der Waals surface area contributed by atoms with Gasteiger partial charge in [-0.3, -0.25) is 14.2 Å². The van der Waals surface area contributed by atoms with Gasteiger partial charge in [0.1, 0.15) is 17.3 Å². The number of nitrogens with zero attached hydrogens (tertiary/aromatic N) is 2. The molecule has 3 heterocycles. The van der Waals surface area contributed by atoms with Crippen molar-refractivity contribution in [2.75, 3.05) is 7.11 Å². The number of furan rings is 1. The van der Waals surface area contributed by atoms with E-state index >= 15 is 0 Å². The molecule has 0 bridgehead atoms. The minimum Gasteiger partial charge on any atom is -0.466 e. The predicted octanol–water partition coefficient (Wildman–Crippen LogP) is 2.23. The SMILES string of the molecule is COC(=O)C1=C(C)N=c2s/c(=C\c3ccc(C)o3)c(=O)n2[C@H]1c1ccc(OC(C)=O)cc1. The van der Waals surface area contributed by atoms with Gasteiger partial charge in [0.15, 0.2) is 4.80 Å². The van der Waals surface area contributed by atoms with Gasteiger partial charge in [0.25, 0.3) is 5.56 Å². The second-order valence-corrected chi connectivity index (χ2v) is 8.19. The highest BCUT2D eigenvalue weighted by Crippen LogP contribution is 2.31. The van der Waals surface area contributed by atoms with Gasteiger partial charge in [0, 0.05) is 13.0 Å². The fraction of sp³-hybridized carbons (Fsp3) is 0.217. The first-order chi connectivity index (χ1) is 15.3. The summed E-state index contributed by atoms with van der Waals surface area (Å²) in [6.45, 7) is 4.84.